The number of rotatable bonds is 1. The van der Waals surface area contributed by atoms with Crippen LogP contribution in [-0.4, -0.2) is 0 Å². The van der Waals surface area contributed by atoms with Crippen molar-refractivity contribution in [3.8, 4) is 6.07 Å². The van der Waals surface area contributed by atoms with E-state index in [0.717, 1.165) is 0 Å². The Hall–Kier alpha value is -0.150. The first kappa shape index (κ1) is 9.93. The van der Waals surface area contributed by atoms with Gasteiger partial charge in [0.25, 0.3) is 0 Å². The molecule has 0 amide bonds. The quantitative estimate of drug-likeness (QED) is 0.569. The van der Waals surface area contributed by atoms with Gasteiger partial charge >= 0.3 is 0 Å². The second-order valence-corrected chi connectivity index (χ2v) is 4.17. The van der Waals surface area contributed by atoms with Gasteiger partial charge in [-0.1, -0.05) is 15.9 Å². The average Bonchev–Trinajstić information content (AvgIpc) is 2.06. The zero-order chi connectivity index (χ0) is 9.14. The summed E-state index contributed by atoms with van der Waals surface area (Å²) < 4.78 is 14.5. The zero-order valence-corrected chi connectivity index (χ0v) is 9.69. The third kappa shape index (κ3) is 1.96. The SMILES string of the molecule is N#CCc1c(Br)ccc(I)c1F. The Bertz CT molecular complexity index is 346. The number of nitrogens with zero attached hydrogens (tertiary/aromatic N) is 1. The summed E-state index contributed by atoms with van der Waals surface area (Å²) in [6, 6.07) is 5.33. The van der Waals surface area contributed by atoms with E-state index in [-0.39, 0.29) is 12.2 Å². The molecule has 0 N–H and O–H groups in total. The number of hydrogen-bond acceptors (Lipinski definition) is 1. The average molecular weight is 340 g/mol. The highest BCUT2D eigenvalue weighted by molar-refractivity contribution is 14.1. The minimum Gasteiger partial charge on any atom is -0.205 e. The second kappa shape index (κ2) is 4.19. The van der Waals surface area contributed by atoms with Crippen molar-refractivity contribution in [2.45, 2.75) is 6.42 Å². The summed E-state index contributed by atoms with van der Waals surface area (Å²) in [4.78, 5) is 0. The van der Waals surface area contributed by atoms with Gasteiger partial charge in [-0.05, 0) is 34.7 Å². The smallest absolute Gasteiger partial charge is 0.141 e. The fourth-order valence-corrected chi connectivity index (χ4v) is 1.76. The molecule has 0 aliphatic heterocycles. The van der Waals surface area contributed by atoms with E-state index in [1.165, 1.54) is 0 Å². The van der Waals surface area contributed by atoms with Crippen LogP contribution >= 0.6 is 38.5 Å². The molecule has 0 heterocycles. The Morgan fingerprint density at radius 2 is 2.25 bits per heavy atom. The van der Waals surface area contributed by atoms with Gasteiger partial charge in [-0.3, -0.25) is 0 Å². The topological polar surface area (TPSA) is 23.8 Å². The summed E-state index contributed by atoms with van der Waals surface area (Å²) in [6.07, 6.45) is 0.100. The van der Waals surface area contributed by atoms with Crippen LogP contribution < -0.4 is 0 Å². The summed E-state index contributed by atoms with van der Waals surface area (Å²) in [5.41, 5.74) is 0.435. The minimum atomic E-state index is -0.300. The fraction of sp³-hybridized carbons (Fsp3) is 0.125. The zero-order valence-electron chi connectivity index (χ0n) is 5.94. The molecule has 0 bridgehead atoms. The summed E-state index contributed by atoms with van der Waals surface area (Å²) >= 11 is 5.09. The maximum absolute atomic E-state index is 13.3. The third-order valence-electron chi connectivity index (χ3n) is 1.39. The van der Waals surface area contributed by atoms with Crippen LogP contribution in [0.5, 0.6) is 0 Å². The Kier molecular flexibility index (Phi) is 3.47. The molecule has 12 heavy (non-hydrogen) atoms. The van der Waals surface area contributed by atoms with Crippen LogP contribution in [0.25, 0.3) is 0 Å². The number of halogens is 3. The van der Waals surface area contributed by atoms with Crippen molar-refractivity contribution in [2.75, 3.05) is 0 Å². The van der Waals surface area contributed by atoms with Crippen LogP contribution in [0.15, 0.2) is 16.6 Å². The van der Waals surface area contributed by atoms with Crippen molar-refractivity contribution in [3.05, 3.63) is 31.6 Å². The van der Waals surface area contributed by atoms with Gasteiger partial charge in [-0.25, -0.2) is 4.39 Å². The molecule has 0 aliphatic carbocycles. The van der Waals surface area contributed by atoms with E-state index in [0.29, 0.717) is 13.6 Å². The maximum atomic E-state index is 13.3. The van der Waals surface area contributed by atoms with Gasteiger partial charge in [-0.15, -0.1) is 0 Å². The Labute approximate surface area is 91.8 Å². The molecular weight excluding hydrogens is 336 g/mol. The van der Waals surface area contributed by atoms with E-state index < -0.39 is 0 Å². The fourth-order valence-electron chi connectivity index (χ4n) is 0.810. The Balaban J connectivity index is 3.25. The lowest BCUT2D eigenvalue weighted by Gasteiger charge is -2.02. The van der Waals surface area contributed by atoms with E-state index in [1.807, 2.05) is 28.7 Å². The molecule has 1 rings (SSSR count). The van der Waals surface area contributed by atoms with Crippen LogP contribution in [0.1, 0.15) is 5.56 Å². The monoisotopic (exact) mass is 339 g/mol. The van der Waals surface area contributed by atoms with E-state index in [2.05, 4.69) is 15.9 Å². The van der Waals surface area contributed by atoms with Crippen LogP contribution in [0.4, 0.5) is 4.39 Å². The summed E-state index contributed by atoms with van der Waals surface area (Å²) in [6.45, 7) is 0. The third-order valence-corrected chi connectivity index (χ3v) is 2.97. The number of nitriles is 1. The van der Waals surface area contributed by atoms with Crippen molar-refractivity contribution in [1.82, 2.24) is 0 Å². The van der Waals surface area contributed by atoms with Gasteiger partial charge in [-0.2, -0.15) is 5.26 Å². The van der Waals surface area contributed by atoms with E-state index in [4.69, 9.17) is 5.26 Å². The van der Waals surface area contributed by atoms with Crippen LogP contribution in [0.3, 0.4) is 0 Å². The van der Waals surface area contributed by atoms with Gasteiger partial charge in [0.2, 0.25) is 0 Å². The van der Waals surface area contributed by atoms with Crippen molar-refractivity contribution < 1.29 is 4.39 Å². The highest BCUT2D eigenvalue weighted by Crippen LogP contribution is 2.23. The Morgan fingerprint density at radius 1 is 1.58 bits per heavy atom. The maximum Gasteiger partial charge on any atom is 0.141 e. The van der Waals surface area contributed by atoms with Gasteiger partial charge in [0, 0.05) is 13.6 Å². The number of benzene rings is 1. The van der Waals surface area contributed by atoms with Gasteiger partial charge in [0.15, 0.2) is 0 Å². The molecule has 62 valence electrons. The minimum absolute atomic E-state index is 0.100. The van der Waals surface area contributed by atoms with E-state index >= 15 is 0 Å². The molecular formula is C8H4BrFIN. The molecule has 0 unspecified atom stereocenters. The van der Waals surface area contributed by atoms with Gasteiger partial charge in [0.05, 0.1) is 12.5 Å². The molecule has 0 saturated heterocycles. The number of hydrogen-bond donors (Lipinski definition) is 0. The van der Waals surface area contributed by atoms with E-state index in [1.54, 1.807) is 12.1 Å². The van der Waals surface area contributed by atoms with Crippen molar-refractivity contribution >= 4 is 38.5 Å². The molecule has 0 radical (unpaired) electrons. The standard InChI is InChI=1S/C8H4BrFIN/c9-6-1-2-7(11)8(10)5(6)3-4-12/h1-2H,3H2. The first-order chi connectivity index (χ1) is 5.66. The van der Waals surface area contributed by atoms with Gasteiger partial charge < -0.3 is 0 Å². The van der Waals surface area contributed by atoms with Crippen molar-refractivity contribution in [3.63, 3.8) is 0 Å². The molecule has 0 fully saturated rings. The highest BCUT2D eigenvalue weighted by Gasteiger charge is 2.09. The molecule has 4 heteroatoms. The molecule has 1 nitrogen and oxygen atoms in total. The predicted molar refractivity (Wildman–Crippen MR) is 56.1 cm³/mol. The van der Waals surface area contributed by atoms with Gasteiger partial charge in [0.1, 0.15) is 5.82 Å². The Morgan fingerprint density at radius 3 is 2.83 bits per heavy atom. The van der Waals surface area contributed by atoms with Crippen molar-refractivity contribution in [1.29, 1.82) is 5.26 Å². The summed E-state index contributed by atoms with van der Waals surface area (Å²) in [5, 5.41) is 8.42. The van der Waals surface area contributed by atoms with E-state index in [9.17, 15) is 4.39 Å². The lowest BCUT2D eigenvalue weighted by molar-refractivity contribution is 0.606. The lowest BCUT2D eigenvalue weighted by atomic mass is 10.1. The molecule has 0 spiro atoms. The lowest BCUT2D eigenvalue weighted by Crippen LogP contribution is -1.93. The van der Waals surface area contributed by atoms with Crippen LogP contribution in [0, 0.1) is 20.7 Å². The molecule has 0 atom stereocenters. The molecule has 0 aromatic heterocycles. The first-order valence-electron chi connectivity index (χ1n) is 3.16. The molecule has 1 aromatic carbocycles. The van der Waals surface area contributed by atoms with Crippen LogP contribution in [0.2, 0.25) is 0 Å². The van der Waals surface area contributed by atoms with Crippen molar-refractivity contribution in [2.24, 2.45) is 0 Å². The summed E-state index contributed by atoms with van der Waals surface area (Å²) in [7, 11) is 0. The first-order valence-corrected chi connectivity index (χ1v) is 5.03. The molecule has 0 saturated carbocycles. The summed E-state index contributed by atoms with van der Waals surface area (Å²) in [5.74, 6) is -0.300. The molecule has 0 aliphatic rings. The predicted octanol–water partition coefficient (Wildman–Crippen LogP) is 3.26. The normalized spacial score (nSPS) is 9.50. The van der Waals surface area contributed by atoms with Crippen LogP contribution in [-0.2, 0) is 6.42 Å². The second-order valence-electron chi connectivity index (χ2n) is 2.16. The largest absolute Gasteiger partial charge is 0.205 e. The highest BCUT2D eigenvalue weighted by atomic mass is 127. The molecule has 1 aromatic rings.